The van der Waals surface area contributed by atoms with Crippen LogP contribution in [0.5, 0.6) is 0 Å². The van der Waals surface area contributed by atoms with Gasteiger partial charge >= 0.3 is 5.97 Å². The normalized spacial score (nSPS) is 22.4. The number of rotatable bonds is 4. The molecule has 0 aliphatic carbocycles. The standard InChI is InChI=1S/C11H18O3/c1-3-4-5-6-9-7-10(12)8(2)11(13)14-9/h9,12H,3-7H2,1-2H3/t9-/m1/s1. The Kier molecular flexibility index (Phi) is 3.98. The summed E-state index contributed by atoms with van der Waals surface area (Å²) in [6, 6.07) is 0. The Morgan fingerprint density at radius 1 is 1.50 bits per heavy atom. The van der Waals surface area contributed by atoms with E-state index in [4.69, 9.17) is 4.74 Å². The molecule has 0 aromatic heterocycles. The van der Waals surface area contributed by atoms with Crippen molar-refractivity contribution in [3.63, 3.8) is 0 Å². The summed E-state index contributed by atoms with van der Waals surface area (Å²) < 4.78 is 5.16. The number of ether oxygens (including phenoxy) is 1. The molecule has 0 fully saturated rings. The minimum Gasteiger partial charge on any atom is -0.512 e. The van der Waals surface area contributed by atoms with Gasteiger partial charge in [0.25, 0.3) is 0 Å². The molecule has 1 aliphatic heterocycles. The molecule has 0 amide bonds. The van der Waals surface area contributed by atoms with Crippen molar-refractivity contribution in [3.05, 3.63) is 11.3 Å². The molecule has 1 aliphatic rings. The van der Waals surface area contributed by atoms with Crippen molar-refractivity contribution >= 4 is 5.97 Å². The molecule has 3 heteroatoms. The Hall–Kier alpha value is -0.990. The van der Waals surface area contributed by atoms with E-state index in [9.17, 15) is 9.90 Å². The maximum atomic E-state index is 11.2. The molecular formula is C11H18O3. The van der Waals surface area contributed by atoms with E-state index in [1.165, 1.54) is 0 Å². The molecule has 1 rings (SSSR count). The van der Waals surface area contributed by atoms with E-state index in [1.807, 2.05) is 0 Å². The third kappa shape index (κ3) is 2.76. The van der Waals surface area contributed by atoms with Gasteiger partial charge in [-0.05, 0) is 19.8 Å². The van der Waals surface area contributed by atoms with Crippen LogP contribution < -0.4 is 0 Å². The number of hydrogen-bond acceptors (Lipinski definition) is 3. The van der Waals surface area contributed by atoms with Crippen molar-refractivity contribution in [1.29, 1.82) is 0 Å². The molecule has 0 radical (unpaired) electrons. The number of hydrogen-bond donors (Lipinski definition) is 1. The first-order chi connectivity index (χ1) is 6.65. The molecule has 0 aromatic rings. The Morgan fingerprint density at radius 3 is 2.79 bits per heavy atom. The molecule has 14 heavy (non-hydrogen) atoms. The maximum Gasteiger partial charge on any atom is 0.337 e. The predicted molar refractivity (Wildman–Crippen MR) is 54.0 cm³/mol. The fraction of sp³-hybridized carbons (Fsp3) is 0.727. The highest BCUT2D eigenvalue weighted by Crippen LogP contribution is 2.22. The van der Waals surface area contributed by atoms with Gasteiger partial charge in [0.1, 0.15) is 11.9 Å². The summed E-state index contributed by atoms with van der Waals surface area (Å²) in [6.07, 6.45) is 4.59. The molecular weight excluding hydrogens is 180 g/mol. The van der Waals surface area contributed by atoms with Crippen LogP contribution in [0, 0.1) is 0 Å². The SMILES string of the molecule is CCCCC[C@@H]1CC(O)=C(C)C(=O)O1. The zero-order chi connectivity index (χ0) is 10.6. The Labute approximate surface area is 84.8 Å². The van der Waals surface area contributed by atoms with Gasteiger partial charge in [-0.15, -0.1) is 0 Å². The predicted octanol–water partition coefficient (Wildman–Crippen LogP) is 2.71. The summed E-state index contributed by atoms with van der Waals surface area (Å²) in [7, 11) is 0. The van der Waals surface area contributed by atoms with Crippen LogP contribution >= 0.6 is 0 Å². The maximum absolute atomic E-state index is 11.2. The van der Waals surface area contributed by atoms with Gasteiger partial charge in [-0.1, -0.05) is 19.8 Å². The Bertz CT molecular complexity index is 243. The number of carbonyl (C=O) groups is 1. The van der Waals surface area contributed by atoms with E-state index in [-0.39, 0.29) is 17.8 Å². The lowest BCUT2D eigenvalue weighted by atomic mass is 10.0. The zero-order valence-corrected chi connectivity index (χ0v) is 8.88. The van der Waals surface area contributed by atoms with Crippen molar-refractivity contribution < 1.29 is 14.6 Å². The first kappa shape index (κ1) is 11.1. The van der Waals surface area contributed by atoms with E-state index >= 15 is 0 Å². The van der Waals surface area contributed by atoms with Crippen molar-refractivity contribution in [2.24, 2.45) is 0 Å². The Balaban J connectivity index is 2.41. The van der Waals surface area contributed by atoms with Crippen molar-refractivity contribution in [1.82, 2.24) is 0 Å². The molecule has 1 atom stereocenters. The summed E-state index contributed by atoms with van der Waals surface area (Å²) in [5.41, 5.74) is 0.358. The lowest BCUT2D eigenvalue weighted by Gasteiger charge is -2.22. The van der Waals surface area contributed by atoms with Gasteiger partial charge in [0.2, 0.25) is 0 Å². The fourth-order valence-corrected chi connectivity index (χ4v) is 1.55. The van der Waals surface area contributed by atoms with E-state index in [0.717, 1.165) is 25.7 Å². The third-order valence-electron chi connectivity index (χ3n) is 2.56. The number of aliphatic hydroxyl groups is 1. The van der Waals surface area contributed by atoms with Crippen molar-refractivity contribution in [2.45, 2.75) is 52.1 Å². The van der Waals surface area contributed by atoms with E-state index in [0.29, 0.717) is 12.0 Å². The van der Waals surface area contributed by atoms with Crippen molar-refractivity contribution in [3.8, 4) is 0 Å². The van der Waals surface area contributed by atoms with E-state index in [1.54, 1.807) is 6.92 Å². The fourth-order valence-electron chi connectivity index (χ4n) is 1.55. The lowest BCUT2D eigenvalue weighted by molar-refractivity contribution is -0.147. The van der Waals surface area contributed by atoms with Crippen LogP contribution in [0.25, 0.3) is 0 Å². The van der Waals surface area contributed by atoms with E-state index in [2.05, 4.69) is 6.92 Å². The molecule has 0 unspecified atom stereocenters. The second-order valence-corrected chi connectivity index (χ2v) is 3.80. The van der Waals surface area contributed by atoms with Gasteiger partial charge in [-0.25, -0.2) is 4.79 Å². The van der Waals surface area contributed by atoms with Crippen molar-refractivity contribution in [2.75, 3.05) is 0 Å². The number of carbonyl (C=O) groups excluding carboxylic acids is 1. The molecule has 1 N–H and O–H groups in total. The van der Waals surface area contributed by atoms with E-state index < -0.39 is 0 Å². The molecule has 3 nitrogen and oxygen atoms in total. The van der Waals surface area contributed by atoms with Crippen LogP contribution in [0.2, 0.25) is 0 Å². The first-order valence-corrected chi connectivity index (χ1v) is 5.24. The molecule has 0 bridgehead atoms. The number of esters is 1. The summed E-state index contributed by atoms with van der Waals surface area (Å²) in [5.74, 6) is -0.169. The monoisotopic (exact) mass is 198 g/mol. The summed E-state index contributed by atoms with van der Waals surface area (Å²) in [5, 5.41) is 9.45. The quantitative estimate of drug-likeness (QED) is 0.558. The molecule has 0 saturated heterocycles. The number of cyclic esters (lactones) is 1. The van der Waals surface area contributed by atoms with Gasteiger partial charge in [-0.3, -0.25) is 0 Å². The minimum absolute atomic E-state index is 0.113. The first-order valence-electron chi connectivity index (χ1n) is 5.24. The topological polar surface area (TPSA) is 46.5 Å². The Morgan fingerprint density at radius 2 is 2.21 bits per heavy atom. The smallest absolute Gasteiger partial charge is 0.337 e. The molecule has 80 valence electrons. The number of unbranched alkanes of at least 4 members (excludes halogenated alkanes) is 2. The zero-order valence-electron chi connectivity index (χ0n) is 8.88. The summed E-state index contributed by atoms with van der Waals surface area (Å²) >= 11 is 0. The molecule has 1 heterocycles. The second kappa shape index (κ2) is 5.03. The highest BCUT2D eigenvalue weighted by Gasteiger charge is 2.25. The lowest BCUT2D eigenvalue weighted by Crippen LogP contribution is -2.25. The minimum atomic E-state index is -0.366. The average Bonchev–Trinajstić information content (AvgIpc) is 2.14. The highest BCUT2D eigenvalue weighted by molar-refractivity contribution is 5.89. The largest absolute Gasteiger partial charge is 0.512 e. The van der Waals surface area contributed by atoms with Crippen LogP contribution in [0.1, 0.15) is 46.0 Å². The van der Waals surface area contributed by atoms with Crippen LogP contribution in [0.3, 0.4) is 0 Å². The molecule has 0 aromatic carbocycles. The van der Waals surface area contributed by atoms with Gasteiger partial charge in [0.05, 0.1) is 5.57 Å². The number of aliphatic hydroxyl groups excluding tert-OH is 1. The highest BCUT2D eigenvalue weighted by atomic mass is 16.5. The summed E-state index contributed by atoms with van der Waals surface area (Å²) in [4.78, 5) is 11.2. The van der Waals surface area contributed by atoms with Gasteiger partial charge in [0, 0.05) is 6.42 Å². The molecule has 0 saturated carbocycles. The van der Waals surface area contributed by atoms with Crippen LogP contribution in [-0.2, 0) is 9.53 Å². The van der Waals surface area contributed by atoms with Crippen LogP contribution in [0.4, 0.5) is 0 Å². The second-order valence-electron chi connectivity index (χ2n) is 3.80. The van der Waals surface area contributed by atoms with Crippen LogP contribution in [0.15, 0.2) is 11.3 Å². The molecule has 0 spiro atoms. The van der Waals surface area contributed by atoms with Crippen LogP contribution in [-0.4, -0.2) is 17.2 Å². The average molecular weight is 198 g/mol. The van der Waals surface area contributed by atoms with Gasteiger partial charge < -0.3 is 9.84 Å². The van der Waals surface area contributed by atoms with Gasteiger partial charge in [-0.2, -0.15) is 0 Å². The summed E-state index contributed by atoms with van der Waals surface area (Å²) in [6.45, 7) is 3.73. The third-order valence-corrected chi connectivity index (χ3v) is 2.56. The van der Waals surface area contributed by atoms with Gasteiger partial charge in [0.15, 0.2) is 0 Å².